The molecule has 1 atom stereocenters. The first-order chi connectivity index (χ1) is 21.4. The number of benzene rings is 3. The second kappa shape index (κ2) is 13.9. The van der Waals surface area contributed by atoms with Gasteiger partial charge in [-0.2, -0.15) is 0 Å². The molecule has 1 aliphatic heterocycles. The van der Waals surface area contributed by atoms with Gasteiger partial charge in [-0.1, -0.05) is 78.6 Å². The Labute approximate surface area is 271 Å². The van der Waals surface area contributed by atoms with Crippen LogP contribution in [0.2, 0.25) is 0 Å². The number of rotatable bonds is 11. The van der Waals surface area contributed by atoms with E-state index in [0.29, 0.717) is 12.2 Å². The maximum absolute atomic E-state index is 10.9. The van der Waals surface area contributed by atoms with Gasteiger partial charge >= 0.3 is 0 Å². The number of hydrogen-bond acceptors (Lipinski definition) is 8. The van der Waals surface area contributed by atoms with Crippen LogP contribution in [0.5, 0.6) is 0 Å². The molecule has 226 valence electrons. The first kappa shape index (κ1) is 30.3. The Morgan fingerprint density at radius 3 is 2.50 bits per heavy atom. The van der Waals surface area contributed by atoms with Crippen molar-refractivity contribution in [3.63, 3.8) is 0 Å². The van der Waals surface area contributed by atoms with E-state index in [4.69, 9.17) is 9.26 Å². The maximum Gasteiger partial charge on any atom is 0.269 e. The normalized spacial score (nSPS) is 15.0. The van der Waals surface area contributed by atoms with Gasteiger partial charge in [-0.25, -0.2) is 4.68 Å². The molecular formula is C32H30Br2N6O4. The Balaban J connectivity index is 1.07. The molecule has 1 unspecified atom stereocenters. The van der Waals surface area contributed by atoms with Gasteiger partial charge in [0.2, 0.25) is 0 Å². The Kier molecular flexibility index (Phi) is 9.60. The van der Waals surface area contributed by atoms with Crippen molar-refractivity contribution >= 4 is 37.5 Å². The minimum Gasteiger partial charge on any atom is -0.365 e. The average Bonchev–Trinajstić information content (AvgIpc) is 3.71. The first-order valence-corrected chi connectivity index (χ1v) is 15.9. The SMILES string of the molecule is O=[N+]([O-])c1ccc(CN2CCC(n3cc(CC(OCc4cc(-c5cccc(Br)c5)no4)c4ccc(Br)cc4)nn3)CC2)cc1. The lowest BCUT2D eigenvalue weighted by atomic mass is 10.0. The second-order valence-corrected chi connectivity index (χ2v) is 12.7. The Morgan fingerprint density at radius 1 is 1.00 bits per heavy atom. The number of ether oxygens (including phenoxy) is 1. The third kappa shape index (κ3) is 7.68. The highest BCUT2D eigenvalue weighted by molar-refractivity contribution is 9.10. The van der Waals surface area contributed by atoms with Crippen molar-refractivity contribution in [1.82, 2.24) is 25.1 Å². The van der Waals surface area contributed by atoms with Crippen LogP contribution < -0.4 is 0 Å². The van der Waals surface area contributed by atoms with Crippen LogP contribution in [0, 0.1) is 10.1 Å². The lowest BCUT2D eigenvalue weighted by Crippen LogP contribution is -2.34. The highest BCUT2D eigenvalue weighted by atomic mass is 79.9. The van der Waals surface area contributed by atoms with E-state index in [1.165, 1.54) is 0 Å². The summed E-state index contributed by atoms with van der Waals surface area (Å²) in [4.78, 5) is 12.9. The van der Waals surface area contributed by atoms with Gasteiger partial charge in [-0.3, -0.25) is 15.0 Å². The maximum atomic E-state index is 10.9. The highest BCUT2D eigenvalue weighted by Gasteiger charge is 2.23. The van der Waals surface area contributed by atoms with Crippen LogP contribution >= 0.6 is 31.9 Å². The number of nitro groups is 1. The molecule has 0 aliphatic carbocycles. The van der Waals surface area contributed by atoms with E-state index >= 15 is 0 Å². The average molecular weight is 722 g/mol. The number of halogens is 2. The Bertz CT molecular complexity index is 1700. The Hall–Kier alpha value is -3.71. The standard InChI is InChI=1S/C32H30Br2N6O4/c33-25-8-6-23(7-9-25)32(43-21-30-18-31(36-44-30)24-2-1-3-26(34)16-24)17-27-20-39(37-35-27)28-12-14-38(15-13-28)19-22-4-10-29(11-5-22)40(41)42/h1-11,16,18,20,28,32H,12-15,17,19,21H2. The van der Waals surface area contributed by atoms with Crippen LogP contribution in [0.4, 0.5) is 5.69 Å². The zero-order valence-corrected chi connectivity index (χ0v) is 26.9. The number of nitro benzene ring substituents is 1. The molecule has 1 aliphatic rings. The molecule has 5 aromatic rings. The van der Waals surface area contributed by atoms with Gasteiger partial charge in [0.25, 0.3) is 5.69 Å². The van der Waals surface area contributed by atoms with Gasteiger partial charge in [-0.05, 0) is 48.2 Å². The van der Waals surface area contributed by atoms with Crippen LogP contribution in [0.15, 0.2) is 98.5 Å². The smallest absolute Gasteiger partial charge is 0.269 e. The molecule has 3 aromatic carbocycles. The van der Waals surface area contributed by atoms with Crippen molar-refractivity contribution in [3.05, 3.63) is 127 Å². The molecule has 0 saturated carbocycles. The number of piperidine rings is 1. The molecule has 10 nitrogen and oxygen atoms in total. The second-order valence-electron chi connectivity index (χ2n) is 10.9. The van der Waals surface area contributed by atoms with Crippen molar-refractivity contribution in [2.45, 2.75) is 44.6 Å². The monoisotopic (exact) mass is 720 g/mol. The van der Waals surface area contributed by atoms with Gasteiger partial charge in [0, 0.05) is 65.0 Å². The fraction of sp³-hybridized carbons (Fsp3) is 0.281. The van der Waals surface area contributed by atoms with Gasteiger partial charge in [0.1, 0.15) is 12.3 Å². The van der Waals surface area contributed by atoms with Crippen molar-refractivity contribution in [2.75, 3.05) is 13.1 Å². The van der Waals surface area contributed by atoms with E-state index in [1.54, 1.807) is 12.1 Å². The molecule has 0 N–H and O–H groups in total. The summed E-state index contributed by atoms with van der Waals surface area (Å²) in [7, 11) is 0. The van der Waals surface area contributed by atoms with E-state index in [2.05, 4.69) is 52.2 Å². The number of non-ortho nitro benzene ring substituents is 1. The summed E-state index contributed by atoms with van der Waals surface area (Å²) >= 11 is 7.03. The van der Waals surface area contributed by atoms with E-state index < -0.39 is 0 Å². The fourth-order valence-electron chi connectivity index (χ4n) is 5.40. The highest BCUT2D eigenvalue weighted by Crippen LogP contribution is 2.29. The van der Waals surface area contributed by atoms with Gasteiger partial charge in [-0.15, -0.1) is 5.10 Å². The molecule has 3 heterocycles. The lowest BCUT2D eigenvalue weighted by Gasteiger charge is -2.31. The molecule has 0 bridgehead atoms. The summed E-state index contributed by atoms with van der Waals surface area (Å²) in [5, 5.41) is 24.2. The van der Waals surface area contributed by atoms with E-state index in [9.17, 15) is 10.1 Å². The summed E-state index contributed by atoms with van der Waals surface area (Å²) in [6.45, 7) is 2.87. The summed E-state index contributed by atoms with van der Waals surface area (Å²) in [5.74, 6) is 0.645. The van der Waals surface area contributed by atoms with Crippen LogP contribution in [0.25, 0.3) is 11.3 Å². The van der Waals surface area contributed by atoms with Crippen LogP contribution in [0.3, 0.4) is 0 Å². The van der Waals surface area contributed by atoms with E-state index in [-0.39, 0.29) is 29.4 Å². The molecule has 0 spiro atoms. The number of likely N-dealkylation sites (tertiary alicyclic amines) is 1. The fourth-order valence-corrected chi connectivity index (χ4v) is 6.06. The Morgan fingerprint density at radius 2 is 1.77 bits per heavy atom. The van der Waals surface area contributed by atoms with Gasteiger partial charge in [0.15, 0.2) is 5.76 Å². The van der Waals surface area contributed by atoms with Crippen molar-refractivity contribution in [1.29, 1.82) is 0 Å². The number of nitrogens with zero attached hydrogens (tertiary/aromatic N) is 6. The van der Waals surface area contributed by atoms with Gasteiger partial charge in [0.05, 0.1) is 22.8 Å². The summed E-state index contributed by atoms with van der Waals surface area (Å²) in [5.41, 5.74) is 4.81. The van der Waals surface area contributed by atoms with Crippen molar-refractivity contribution in [3.8, 4) is 11.3 Å². The van der Waals surface area contributed by atoms with Crippen molar-refractivity contribution < 1.29 is 14.2 Å². The summed E-state index contributed by atoms with van der Waals surface area (Å²) < 4.78 is 16.0. The third-order valence-corrected chi connectivity index (χ3v) is 8.81. The predicted octanol–water partition coefficient (Wildman–Crippen LogP) is 7.70. The molecular weight excluding hydrogens is 692 g/mol. The number of aromatic nitrogens is 4. The third-order valence-electron chi connectivity index (χ3n) is 7.78. The molecule has 12 heteroatoms. The lowest BCUT2D eigenvalue weighted by molar-refractivity contribution is -0.384. The molecule has 0 amide bonds. The first-order valence-electron chi connectivity index (χ1n) is 14.3. The number of hydrogen-bond donors (Lipinski definition) is 0. The summed E-state index contributed by atoms with van der Waals surface area (Å²) in [6.07, 6.45) is 4.25. The minimum absolute atomic E-state index is 0.117. The molecule has 1 fully saturated rings. The minimum atomic E-state index is -0.369. The van der Waals surface area contributed by atoms with Crippen LogP contribution in [0.1, 0.15) is 47.6 Å². The molecule has 1 saturated heterocycles. The quantitative estimate of drug-likeness (QED) is 0.101. The van der Waals surface area contributed by atoms with E-state index in [1.807, 2.05) is 77.6 Å². The predicted molar refractivity (Wildman–Crippen MR) is 172 cm³/mol. The van der Waals surface area contributed by atoms with Crippen LogP contribution in [-0.4, -0.2) is 43.1 Å². The zero-order valence-electron chi connectivity index (χ0n) is 23.8. The molecule has 44 heavy (non-hydrogen) atoms. The zero-order chi connectivity index (χ0) is 30.5. The van der Waals surface area contributed by atoms with Crippen molar-refractivity contribution in [2.24, 2.45) is 0 Å². The van der Waals surface area contributed by atoms with Crippen LogP contribution in [-0.2, 0) is 24.3 Å². The summed E-state index contributed by atoms with van der Waals surface area (Å²) in [6, 6.07) is 25.0. The van der Waals surface area contributed by atoms with E-state index in [0.717, 1.165) is 69.5 Å². The molecule has 6 rings (SSSR count). The van der Waals surface area contributed by atoms with Gasteiger partial charge < -0.3 is 9.26 Å². The molecule has 2 aromatic heterocycles. The topological polar surface area (TPSA) is 112 Å². The molecule has 0 radical (unpaired) electrons. The largest absolute Gasteiger partial charge is 0.365 e.